The molecule has 0 saturated carbocycles. The molecule has 0 aliphatic carbocycles. The van der Waals surface area contributed by atoms with Crippen LogP contribution in [0.15, 0.2) is 12.2 Å². The molecule has 0 aliphatic heterocycles. The van der Waals surface area contributed by atoms with Crippen molar-refractivity contribution in [3.8, 4) is 0 Å². The average molecular weight is 183 g/mol. The molecule has 0 radical (unpaired) electrons. The predicted molar refractivity (Wildman–Crippen MR) is 40.1 cm³/mol. The highest BCUT2D eigenvalue weighted by Crippen LogP contribution is 1.96. The van der Waals surface area contributed by atoms with Gasteiger partial charge in [0.2, 0.25) is 0 Å². The summed E-state index contributed by atoms with van der Waals surface area (Å²) in [5.41, 5.74) is 0.455. The van der Waals surface area contributed by atoms with E-state index >= 15 is 0 Å². The van der Waals surface area contributed by atoms with Crippen molar-refractivity contribution in [3.05, 3.63) is 12.2 Å². The zero-order valence-electron chi connectivity index (χ0n) is 6.31. The van der Waals surface area contributed by atoms with Crippen molar-refractivity contribution >= 4 is 17.1 Å². The van der Waals surface area contributed by atoms with Gasteiger partial charge in [0.05, 0.1) is 0 Å². The molecule has 0 fully saturated rings. The van der Waals surface area contributed by atoms with Crippen molar-refractivity contribution in [2.45, 2.75) is 6.92 Å². The molecule has 10 heavy (non-hydrogen) atoms. The van der Waals surface area contributed by atoms with E-state index in [0.29, 0.717) is 5.57 Å². The fourth-order valence-corrected chi connectivity index (χ4v) is 0.668. The van der Waals surface area contributed by atoms with Gasteiger partial charge in [-0.25, -0.2) is 8.98 Å². The number of halogens is 1. The molecule has 0 bridgehead atoms. The third kappa shape index (κ3) is 5.98. The maximum atomic E-state index is 10.6. The predicted octanol–water partition coefficient (Wildman–Crippen LogP) is -2.10. The topological polar surface area (TPSA) is 26.3 Å². The van der Waals surface area contributed by atoms with Crippen LogP contribution < -0.4 is 12.4 Å². The largest absolute Gasteiger partial charge is 1.00 e. The number of carbonyl (C=O) groups excluding carboxylic acids is 1. The summed E-state index contributed by atoms with van der Waals surface area (Å²) in [6.45, 7) is 5.07. The summed E-state index contributed by atoms with van der Waals surface area (Å²) in [6.07, 6.45) is 3.67. The summed E-state index contributed by atoms with van der Waals surface area (Å²) in [5.74, 6) is -0.302. The maximum absolute atomic E-state index is 10.6. The van der Waals surface area contributed by atoms with Crippen molar-refractivity contribution in [2.24, 2.45) is 0 Å². The lowest BCUT2D eigenvalue weighted by Gasteiger charge is -1.94. The van der Waals surface area contributed by atoms with Gasteiger partial charge >= 0.3 is 5.97 Å². The second kappa shape index (κ2) is 5.62. The molecular formula is C6H11ClO2S. The molecule has 0 amide bonds. The Hall–Kier alpha value is -0.150. The van der Waals surface area contributed by atoms with Gasteiger partial charge < -0.3 is 12.4 Å². The highest BCUT2D eigenvalue weighted by molar-refractivity contribution is 7.91. The van der Waals surface area contributed by atoms with Gasteiger partial charge in [-0.3, -0.25) is 0 Å². The Kier molecular flexibility index (Phi) is 7.04. The summed E-state index contributed by atoms with van der Waals surface area (Å²) in [5, 5.41) is 0. The lowest BCUT2D eigenvalue weighted by atomic mass is 10.4. The summed E-state index contributed by atoms with van der Waals surface area (Å²) in [7, 11) is 0. The van der Waals surface area contributed by atoms with E-state index in [-0.39, 0.29) is 29.6 Å². The van der Waals surface area contributed by atoms with Crippen molar-refractivity contribution < 1.29 is 21.4 Å². The van der Waals surface area contributed by atoms with Crippen LogP contribution in [0.2, 0.25) is 0 Å². The van der Waals surface area contributed by atoms with Crippen LogP contribution in [0, 0.1) is 0 Å². The van der Waals surface area contributed by atoms with Crippen LogP contribution in [0.25, 0.3) is 0 Å². The third-order valence-electron chi connectivity index (χ3n) is 0.591. The third-order valence-corrected chi connectivity index (χ3v) is 1.08. The fraction of sp³-hybridized carbons (Fsp3) is 0.500. The molecule has 0 heterocycles. The van der Waals surface area contributed by atoms with Gasteiger partial charge in [-0.05, 0) is 6.92 Å². The summed E-state index contributed by atoms with van der Waals surface area (Å²) < 4.78 is 4.80. The van der Waals surface area contributed by atoms with E-state index in [0.717, 1.165) is 0 Å². The first-order valence-electron chi connectivity index (χ1n) is 2.49. The van der Waals surface area contributed by atoms with Crippen LogP contribution in [0.4, 0.5) is 0 Å². The Bertz CT molecular complexity index is 134. The minimum Gasteiger partial charge on any atom is -1.00 e. The monoisotopic (exact) mass is 182 g/mol. The molecule has 2 nitrogen and oxygen atoms in total. The van der Waals surface area contributed by atoms with Crippen molar-refractivity contribution in [1.82, 2.24) is 0 Å². The SMILES string of the molecule is C=C(C)C(=O)O[S+](C)C.[Cl-]. The van der Waals surface area contributed by atoms with E-state index in [9.17, 15) is 4.79 Å². The highest BCUT2D eigenvalue weighted by Gasteiger charge is 2.12. The van der Waals surface area contributed by atoms with Gasteiger partial charge in [0, 0.05) is 5.57 Å². The quantitative estimate of drug-likeness (QED) is 0.362. The number of carbonyl (C=O) groups is 1. The van der Waals surface area contributed by atoms with Gasteiger partial charge in [-0.2, -0.15) is 0 Å². The lowest BCUT2D eigenvalue weighted by Crippen LogP contribution is -3.00. The Morgan fingerprint density at radius 3 is 2.00 bits per heavy atom. The molecule has 0 N–H and O–H groups in total. The van der Waals surface area contributed by atoms with Gasteiger partial charge in [0.25, 0.3) is 0 Å². The lowest BCUT2D eigenvalue weighted by molar-refractivity contribution is -0.129. The van der Waals surface area contributed by atoms with E-state index in [2.05, 4.69) is 6.58 Å². The smallest absolute Gasteiger partial charge is 0.389 e. The highest BCUT2D eigenvalue weighted by atomic mass is 35.5. The summed E-state index contributed by atoms with van der Waals surface area (Å²) >= 11 is -0.277. The van der Waals surface area contributed by atoms with Crippen LogP contribution in [0.3, 0.4) is 0 Å². The van der Waals surface area contributed by atoms with Gasteiger partial charge in [0.1, 0.15) is 12.5 Å². The second-order valence-corrected chi connectivity index (χ2v) is 3.54. The normalized spacial score (nSPS) is 8.40. The molecule has 0 aromatic rings. The molecule has 4 heteroatoms. The first kappa shape index (κ1) is 12.5. The van der Waals surface area contributed by atoms with Crippen LogP contribution in [-0.2, 0) is 20.2 Å². The molecule has 60 valence electrons. The zero-order chi connectivity index (χ0) is 7.44. The molecule has 0 atom stereocenters. The van der Waals surface area contributed by atoms with Gasteiger partial charge in [-0.15, -0.1) is 0 Å². The van der Waals surface area contributed by atoms with Crippen molar-refractivity contribution in [1.29, 1.82) is 0 Å². The Balaban J connectivity index is 0. The van der Waals surface area contributed by atoms with Crippen LogP contribution in [-0.4, -0.2) is 18.5 Å². The molecule has 0 rings (SSSR count). The van der Waals surface area contributed by atoms with Gasteiger partial charge in [-0.1, -0.05) is 6.58 Å². The number of rotatable bonds is 2. The fourth-order valence-electron chi connectivity index (χ4n) is 0.223. The summed E-state index contributed by atoms with van der Waals surface area (Å²) in [4.78, 5) is 10.6. The zero-order valence-corrected chi connectivity index (χ0v) is 7.88. The Morgan fingerprint density at radius 2 is 1.90 bits per heavy atom. The minimum atomic E-state index is -0.302. The van der Waals surface area contributed by atoms with Crippen LogP contribution >= 0.6 is 0 Å². The van der Waals surface area contributed by atoms with E-state index in [4.69, 9.17) is 4.18 Å². The van der Waals surface area contributed by atoms with E-state index < -0.39 is 0 Å². The second-order valence-electron chi connectivity index (χ2n) is 1.89. The van der Waals surface area contributed by atoms with Crippen LogP contribution in [0.1, 0.15) is 6.92 Å². The molecule has 0 saturated heterocycles. The first-order valence-corrected chi connectivity index (χ1v) is 4.46. The Labute approximate surface area is 70.6 Å². The summed E-state index contributed by atoms with van der Waals surface area (Å²) in [6, 6.07) is 0. The minimum absolute atomic E-state index is 0. The van der Waals surface area contributed by atoms with Crippen molar-refractivity contribution in [2.75, 3.05) is 12.5 Å². The molecule has 0 aromatic heterocycles. The van der Waals surface area contributed by atoms with E-state index in [1.807, 2.05) is 12.5 Å². The standard InChI is InChI=1S/C6H11O2S.ClH/c1-5(2)6(7)8-9(3)4;/h1H2,2-4H3;1H/q+1;/p-1. The number of hydrogen-bond acceptors (Lipinski definition) is 2. The maximum Gasteiger partial charge on any atom is 0.389 e. The molecule has 0 aliphatic rings. The first-order chi connectivity index (χ1) is 4.04. The van der Waals surface area contributed by atoms with E-state index in [1.165, 1.54) is 0 Å². The van der Waals surface area contributed by atoms with Gasteiger partial charge in [0.15, 0.2) is 11.2 Å². The molecule has 0 aromatic carbocycles. The molecule has 0 unspecified atom stereocenters. The average Bonchev–Trinajstić information content (AvgIpc) is 1.63. The van der Waals surface area contributed by atoms with Crippen molar-refractivity contribution in [3.63, 3.8) is 0 Å². The Morgan fingerprint density at radius 1 is 1.50 bits per heavy atom. The molecule has 0 spiro atoms. The van der Waals surface area contributed by atoms with Crippen LogP contribution in [0.5, 0.6) is 0 Å². The van der Waals surface area contributed by atoms with E-state index in [1.54, 1.807) is 6.92 Å². The number of hydrogen-bond donors (Lipinski definition) is 0. The molecular weight excluding hydrogens is 172 g/mol.